The number of aliphatic hydroxyl groups excluding tert-OH is 1. The van der Waals surface area contributed by atoms with Crippen molar-refractivity contribution < 1.29 is 9.84 Å². The molecule has 2 atom stereocenters. The summed E-state index contributed by atoms with van der Waals surface area (Å²) >= 11 is 0. The molecule has 3 nitrogen and oxygen atoms in total. The van der Waals surface area contributed by atoms with Gasteiger partial charge in [-0.05, 0) is 26.0 Å². The van der Waals surface area contributed by atoms with Gasteiger partial charge in [-0.25, -0.2) is 0 Å². The number of nitriles is 1. The maximum atomic E-state index is 9.24. The van der Waals surface area contributed by atoms with Crippen molar-refractivity contribution in [1.82, 2.24) is 0 Å². The number of ether oxygens (including phenoxy) is 1. The van der Waals surface area contributed by atoms with E-state index in [1.54, 1.807) is 38.1 Å². The molecular weight excluding hydrogens is 178 g/mol. The van der Waals surface area contributed by atoms with Crippen molar-refractivity contribution >= 4 is 0 Å². The second-order valence-corrected chi connectivity index (χ2v) is 3.17. The number of nitrogens with zero attached hydrogens (tertiary/aromatic N) is 1. The molecule has 0 radical (unpaired) electrons. The van der Waals surface area contributed by atoms with E-state index in [0.717, 1.165) is 0 Å². The molecule has 0 aromatic heterocycles. The predicted molar refractivity (Wildman–Crippen MR) is 52.9 cm³/mol. The number of rotatable bonds is 3. The molecule has 1 aromatic rings. The van der Waals surface area contributed by atoms with Gasteiger partial charge < -0.3 is 9.84 Å². The molecule has 0 saturated carbocycles. The van der Waals surface area contributed by atoms with Crippen LogP contribution in [0.5, 0.6) is 5.75 Å². The smallest absolute Gasteiger partial charge is 0.137 e. The van der Waals surface area contributed by atoms with E-state index >= 15 is 0 Å². The topological polar surface area (TPSA) is 53.2 Å². The van der Waals surface area contributed by atoms with Crippen LogP contribution in [0.3, 0.4) is 0 Å². The first-order chi connectivity index (χ1) is 6.65. The fourth-order valence-corrected chi connectivity index (χ4v) is 0.961. The summed E-state index contributed by atoms with van der Waals surface area (Å²) in [5, 5.41) is 18.0. The van der Waals surface area contributed by atoms with Gasteiger partial charge in [-0.15, -0.1) is 0 Å². The summed E-state index contributed by atoms with van der Waals surface area (Å²) in [4.78, 5) is 0. The third-order valence-corrected chi connectivity index (χ3v) is 2.00. The molecule has 1 aromatic carbocycles. The Balaban J connectivity index is 2.82. The van der Waals surface area contributed by atoms with Crippen LogP contribution in [0.4, 0.5) is 0 Å². The Hall–Kier alpha value is -1.53. The van der Waals surface area contributed by atoms with Gasteiger partial charge in [-0.3, -0.25) is 0 Å². The molecule has 2 unspecified atom stereocenters. The Morgan fingerprint density at radius 1 is 1.36 bits per heavy atom. The standard InChI is InChI=1S/C11H13NO2/c1-8(13)9(2)14-11-6-4-3-5-10(11)7-12/h3-6,8-9,13H,1-2H3. The van der Waals surface area contributed by atoms with Gasteiger partial charge in [0.2, 0.25) is 0 Å². The predicted octanol–water partition coefficient (Wildman–Crippen LogP) is 1.71. The third kappa shape index (κ3) is 2.48. The molecule has 0 aliphatic carbocycles. The van der Waals surface area contributed by atoms with Gasteiger partial charge in [-0.2, -0.15) is 5.26 Å². The minimum Gasteiger partial charge on any atom is -0.487 e. The minimum absolute atomic E-state index is 0.315. The molecule has 3 heteroatoms. The molecule has 0 bridgehead atoms. The molecule has 0 fully saturated rings. The number of para-hydroxylation sites is 1. The molecule has 1 rings (SSSR count). The molecule has 1 N–H and O–H groups in total. The maximum Gasteiger partial charge on any atom is 0.137 e. The number of hydrogen-bond donors (Lipinski definition) is 1. The van der Waals surface area contributed by atoms with Crippen LogP contribution < -0.4 is 4.74 Å². The van der Waals surface area contributed by atoms with Crippen LogP contribution >= 0.6 is 0 Å². The van der Waals surface area contributed by atoms with Gasteiger partial charge in [0.1, 0.15) is 17.9 Å². The Morgan fingerprint density at radius 3 is 2.57 bits per heavy atom. The lowest BCUT2D eigenvalue weighted by atomic mass is 10.2. The first-order valence-electron chi connectivity index (χ1n) is 4.49. The lowest BCUT2D eigenvalue weighted by Gasteiger charge is -2.17. The zero-order chi connectivity index (χ0) is 10.6. The highest BCUT2D eigenvalue weighted by atomic mass is 16.5. The van der Waals surface area contributed by atoms with Gasteiger partial charge in [-0.1, -0.05) is 12.1 Å². The highest BCUT2D eigenvalue weighted by Crippen LogP contribution is 2.18. The summed E-state index contributed by atoms with van der Waals surface area (Å²) < 4.78 is 5.43. The third-order valence-electron chi connectivity index (χ3n) is 2.00. The quantitative estimate of drug-likeness (QED) is 0.791. The second kappa shape index (κ2) is 4.64. The molecule has 0 saturated heterocycles. The monoisotopic (exact) mass is 191 g/mol. The average Bonchev–Trinajstić information content (AvgIpc) is 2.18. The van der Waals surface area contributed by atoms with E-state index in [-0.39, 0.29) is 6.10 Å². The SMILES string of the molecule is CC(O)C(C)Oc1ccccc1C#N. The Kier molecular flexibility index (Phi) is 3.49. The van der Waals surface area contributed by atoms with Crippen molar-refractivity contribution in [3.63, 3.8) is 0 Å². The van der Waals surface area contributed by atoms with Crippen LogP contribution in [0.2, 0.25) is 0 Å². The highest BCUT2D eigenvalue weighted by Gasteiger charge is 2.12. The molecular formula is C11H13NO2. The van der Waals surface area contributed by atoms with E-state index in [9.17, 15) is 5.11 Å². The van der Waals surface area contributed by atoms with E-state index in [2.05, 4.69) is 0 Å². The van der Waals surface area contributed by atoms with Gasteiger partial charge in [0.15, 0.2) is 0 Å². The van der Waals surface area contributed by atoms with E-state index < -0.39 is 6.10 Å². The maximum absolute atomic E-state index is 9.24. The fraction of sp³-hybridized carbons (Fsp3) is 0.364. The van der Waals surface area contributed by atoms with E-state index in [1.807, 2.05) is 6.07 Å². The van der Waals surface area contributed by atoms with Gasteiger partial charge in [0, 0.05) is 0 Å². The van der Waals surface area contributed by atoms with Crippen LogP contribution in [0.1, 0.15) is 19.4 Å². The Morgan fingerprint density at radius 2 is 2.00 bits per heavy atom. The summed E-state index contributed by atoms with van der Waals surface area (Å²) in [6.07, 6.45) is -0.869. The zero-order valence-corrected chi connectivity index (χ0v) is 8.27. The molecule has 0 heterocycles. The minimum atomic E-state index is -0.554. The van der Waals surface area contributed by atoms with Crippen molar-refractivity contribution in [2.24, 2.45) is 0 Å². The summed E-state index contributed by atoms with van der Waals surface area (Å²) in [7, 11) is 0. The normalized spacial score (nSPS) is 14.1. The zero-order valence-electron chi connectivity index (χ0n) is 8.27. The summed E-state index contributed by atoms with van der Waals surface area (Å²) in [5.41, 5.74) is 0.486. The van der Waals surface area contributed by atoms with Crippen molar-refractivity contribution in [3.05, 3.63) is 29.8 Å². The largest absolute Gasteiger partial charge is 0.487 e. The van der Waals surface area contributed by atoms with Crippen LogP contribution in [0.15, 0.2) is 24.3 Å². The van der Waals surface area contributed by atoms with E-state index in [1.165, 1.54) is 0 Å². The van der Waals surface area contributed by atoms with Gasteiger partial charge >= 0.3 is 0 Å². The number of benzene rings is 1. The van der Waals surface area contributed by atoms with Gasteiger partial charge in [0.25, 0.3) is 0 Å². The first kappa shape index (κ1) is 10.6. The molecule has 0 aliphatic rings. The van der Waals surface area contributed by atoms with Crippen LogP contribution in [0.25, 0.3) is 0 Å². The van der Waals surface area contributed by atoms with Crippen LogP contribution in [-0.2, 0) is 0 Å². The van der Waals surface area contributed by atoms with E-state index in [0.29, 0.717) is 11.3 Å². The average molecular weight is 191 g/mol. The van der Waals surface area contributed by atoms with Crippen molar-refractivity contribution in [2.75, 3.05) is 0 Å². The van der Waals surface area contributed by atoms with Crippen LogP contribution in [-0.4, -0.2) is 17.3 Å². The van der Waals surface area contributed by atoms with Gasteiger partial charge in [0.05, 0.1) is 11.7 Å². The lowest BCUT2D eigenvalue weighted by molar-refractivity contribution is 0.0603. The number of hydrogen-bond acceptors (Lipinski definition) is 3. The summed E-state index contributed by atoms with van der Waals surface area (Å²) in [6, 6.07) is 9.01. The molecule has 0 amide bonds. The summed E-state index contributed by atoms with van der Waals surface area (Å²) in [5.74, 6) is 0.517. The molecule has 0 aliphatic heterocycles. The van der Waals surface area contributed by atoms with Crippen molar-refractivity contribution in [1.29, 1.82) is 5.26 Å². The number of aliphatic hydroxyl groups is 1. The van der Waals surface area contributed by atoms with Crippen molar-refractivity contribution in [3.8, 4) is 11.8 Å². The molecule has 0 spiro atoms. The van der Waals surface area contributed by atoms with E-state index in [4.69, 9.17) is 10.00 Å². The highest BCUT2D eigenvalue weighted by molar-refractivity contribution is 5.42. The fourth-order valence-electron chi connectivity index (χ4n) is 0.961. The van der Waals surface area contributed by atoms with Crippen LogP contribution in [0, 0.1) is 11.3 Å². The summed E-state index contributed by atoms with van der Waals surface area (Å²) in [6.45, 7) is 3.42. The Labute approximate surface area is 83.6 Å². The lowest BCUT2D eigenvalue weighted by Crippen LogP contribution is -2.25. The molecule has 74 valence electrons. The second-order valence-electron chi connectivity index (χ2n) is 3.17. The molecule has 14 heavy (non-hydrogen) atoms. The van der Waals surface area contributed by atoms with Crippen molar-refractivity contribution in [2.45, 2.75) is 26.1 Å². The Bertz CT molecular complexity index is 341. The first-order valence-corrected chi connectivity index (χ1v) is 4.49.